The zero-order chi connectivity index (χ0) is 29.6. The van der Waals surface area contributed by atoms with Crippen LogP contribution in [-0.2, 0) is 16.9 Å². The number of hydrogen-bond donors (Lipinski definition) is 1. The number of pyridine rings is 2. The van der Waals surface area contributed by atoms with Crippen LogP contribution in [0.25, 0.3) is 39.5 Å². The van der Waals surface area contributed by atoms with E-state index in [2.05, 4.69) is 63.0 Å². The van der Waals surface area contributed by atoms with Gasteiger partial charge in [-0.15, -0.1) is 10.2 Å². The minimum atomic E-state index is -0.556. The van der Waals surface area contributed by atoms with Crippen LogP contribution in [0, 0.1) is 0 Å². The first kappa shape index (κ1) is 26.8. The van der Waals surface area contributed by atoms with Crippen LogP contribution < -0.4 is 10.1 Å². The average molecular weight is 573 g/mol. The molecular weight excluding hydrogens is 540 g/mol. The van der Waals surface area contributed by atoms with Crippen LogP contribution in [0.4, 0.5) is 4.79 Å². The van der Waals surface area contributed by atoms with E-state index in [4.69, 9.17) is 14.5 Å². The minimum absolute atomic E-state index is 0.259. The second kappa shape index (κ2) is 10.3. The number of fused-ring (bicyclic) bond motifs is 3. The molecular formula is C34H32N6O3. The molecule has 0 bridgehead atoms. The van der Waals surface area contributed by atoms with Crippen molar-refractivity contribution in [2.75, 3.05) is 0 Å². The van der Waals surface area contributed by atoms with Crippen molar-refractivity contribution in [1.82, 2.24) is 30.0 Å². The highest BCUT2D eigenvalue weighted by Gasteiger charge is 2.41. The van der Waals surface area contributed by atoms with Gasteiger partial charge in [-0.3, -0.25) is 9.55 Å². The van der Waals surface area contributed by atoms with Gasteiger partial charge < -0.3 is 14.8 Å². The smallest absolute Gasteiger partial charge is 0.408 e. The summed E-state index contributed by atoms with van der Waals surface area (Å²) in [6, 6.07) is 24.5. The number of carbonyl (C=O) groups excluding carboxylic acids is 1. The number of hydrogen-bond acceptors (Lipinski definition) is 7. The second-order valence-corrected chi connectivity index (χ2v) is 12.0. The molecule has 7 rings (SSSR count). The Balaban J connectivity index is 1.29. The standard InChI is InChI=1S/C34H32N6O3/c1-33(2,3)43-32(41)37-34(16-8-17-34)25-14-12-23(13-15-25)29-26(22-9-5-4-6-10-22)19-27-31(36-29)42-21-28-38-39-30(40(27)28)24-11-7-18-35-20-24/h4-7,9-15,18-20H,8,16-17,21H2,1-3H3,(H,37,41). The Morgan fingerprint density at radius 2 is 1.72 bits per heavy atom. The molecule has 0 saturated heterocycles. The number of nitrogens with zero attached hydrogens (tertiary/aromatic N) is 5. The number of aromatic nitrogens is 5. The molecule has 1 aliphatic heterocycles. The molecule has 0 atom stereocenters. The summed E-state index contributed by atoms with van der Waals surface area (Å²) >= 11 is 0. The molecule has 216 valence electrons. The molecule has 9 nitrogen and oxygen atoms in total. The fourth-order valence-electron chi connectivity index (χ4n) is 5.75. The first-order valence-corrected chi connectivity index (χ1v) is 14.5. The number of nitrogens with one attached hydrogen (secondary N) is 1. The van der Waals surface area contributed by atoms with Crippen LogP contribution in [0.5, 0.6) is 5.88 Å². The molecule has 1 amide bonds. The first-order valence-electron chi connectivity index (χ1n) is 14.5. The highest BCUT2D eigenvalue weighted by molar-refractivity contribution is 5.84. The van der Waals surface area contributed by atoms with Crippen LogP contribution >= 0.6 is 0 Å². The molecule has 0 spiro atoms. The molecule has 3 aromatic heterocycles. The predicted octanol–water partition coefficient (Wildman–Crippen LogP) is 6.85. The van der Waals surface area contributed by atoms with Crippen molar-refractivity contribution in [2.24, 2.45) is 0 Å². The first-order chi connectivity index (χ1) is 20.8. The number of amides is 1. The van der Waals surface area contributed by atoms with Crippen molar-refractivity contribution in [3.63, 3.8) is 0 Å². The fraction of sp³-hybridized carbons (Fsp3) is 0.265. The number of benzene rings is 2. The minimum Gasteiger partial charge on any atom is -0.468 e. The van der Waals surface area contributed by atoms with Crippen molar-refractivity contribution >= 4 is 6.09 Å². The van der Waals surface area contributed by atoms with Gasteiger partial charge in [0.1, 0.15) is 11.3 Å². The average Bonchev–Trinajstić information content (AvgIpc) is 3.43. The van der Waals surface area contributed by atoms with Gasteiger partial charge in [-0.2, -0.15) is 0 Å². The van der Waals surface area contributed by atoms with E-state index in [1.165, 1.54) is 0 Å². The molecule has 9 heteroatoms. The monoisotopic (exact) mass is 572 g/mol. The maximum absolute atomic E-state index is 12.7. The maximum atomic E-state index is 12.7. The summed E-state index contributed by atoms with van der Waals surface area (Å²) in [5, 5.41) is 12.0. The van der Waals surface area contributed by atoms with Gasteiger partial charge in [0.25, 0.3) is 0 Å². The topological polar surface area (TPSA) is 104 Å². The molecule has 1 fully saturated rings. The summed E-state index contributed by atoms with van der Waals surface area (Å²) in [4.78, 5) is 22.0. The molecule has 0 radical (unpaired) electrons. The highest BCUT2D eigenvalue weighted by Crippen LogP contribution is 2.43. The zero-order valence-electron chi connectivity index (χ0n) is 24.4. The van der Waals surface area contributed by atoms with E-state index in [1.807, 2.05) is 55.7 Å². The van der Waals surface area contributed by atoms with Crippen molar-refractivity contribution < 1.29 is 14.3 Å². The van der Waals surface area contributed by atoms with Crippen LogP contribution in [0.15, 0.2) is 85.2 Å². The van der Waals surface area contributed by atoms with Gasteiger partial charge in [0, 0.05) is 29.1 Å². The van der Waals surface area contributed by atoms with Crippen LogP contribution in [0.1, 0.15) is 51.4 Å². The molecule has 4 heterocycles. The van der Waals surface area contributed by atoms with E-state index in [9.17, 15) is 4.79 Å². The molecule has 2 aliphatic rings. The summed E-state index contributed by atoms with van der Waals surface area (Å²) in [5.74, 6) is 1.90. The molecule has 0 unspecified atom stereocenters. The highest BCUT2D eigenvalue weighted by atomic mass is 16.6. The van der Waals surface area contributed by atoms with Crippen LogP contribution in [0.3, 0.4) is 0 Å². The molecule has 1 N–H and O–H groups in total. The zero-order valence-corrected chi connectivity index (χ0v) is 24.4. The van der Waals surface area contributed by atoms with Crippen molar-refractivity contribution in [3.8, 4) is 45.3 Å². The summed E-state index contributed by atoms with van der Waals surface area (Å²) < 4.78 is 13.7. The molecule has 5 aromatic rings. The van der Waals surface area contributed by atoms with E-state index in [-0.39, 0.29) is 6.61 Å². The van der Waals surface area contributed by atoms with Gasteiger partial charge in [-0.25, -0.2) is 9.78 Å². The SMILES string of the molecule is CC(C)(C)OC(=O)NC1(c2ccc(-c3nc4c(cc3-c3ccccc3)-n3c(nnc3-c3cccnc3)CO4)cc2)CCC1. The van der Waals surface area contributed by atoms with E-state index in [1.54, 1.807) is 12.4 Å². The largest absolute Gasteiger partial charge is 0.468 e. The van der Waals surface area contributed by atoms with Crippen LogP contribution in [-0.4, -0.2) is 36.4 Å². The number of alkyl carbamates (subject to hydrolysis) is 1. The Bertz CT molecular complexity index is 1790. The molecule has 1 saturated carbocycles. The van der Waals surface area contributed by atoms with Crippen molar-refractivity contribution in [3.05, 3.63) is 96.6 Å². The van der Waals surface area contributed by atoms with Crippen molar-refractivity contribution in [2.45, 2.75) is 57.8 Å². The third kappa shape index (κ3) is 5.01. The predicted molar refractivity (Wildman–Crippen MR) is 162 cm³/mol. The third-order valence-corrected chi connectivity index (χ3v) is 7.94. The van der Waals surface area contributed by atoms with Gasteiger partial charge in [0.2, 0.25) is 5.88 Å². The van der Waals surface area contributed by atoms with Gasteiger partial charge >= 0.3 is 6.09 Å². The number of rotatable bonds is 5. The Morgan fingerprint density at radius 3 is 2.40 bits per heavy atom. The quantitative estimate of drug-likeness (QED) is 0.245. The summed E-state index contributed by atoms with van der Waals surface area (Å²) in [6.07, 6.45) is 5.90. The van der Waals surface area contributed by atoms with Crippen LogP contribution in [0.2, 0.25) is 0 Å². The Morgan fingerprint density at radius 1 is 0.953 bits per heavy atom. The number of ether oxygens (including phenoxy) is 2. The molecule has 43 heavy (non-hydrogen) atoms. The van der Waals surface area contributed by atoms with Gasteiger partial charge in [0.15, 0.2) is 18.3 Å². The van der Waals surface area contributed by atoms with E-state index in [0.717, 1.165) is 58.5 Å². The Kier molecular flexibility index (Phi) is 6.45. The lowest BCUT2D eigenvalue weighted by atomic mass is 9.71. The number of carbonyl (C=O) groups is 1. The van der Waals surface area contributed by atoms with Gasteiger partial charge in [-0.1, -0.05) is 54.6 Å². The maximum Gasteiger partial charge on any atom is 0.408 e. The normalized spacial score (nSPS) is 15.0. The molecule has 1 aliphatic carbocycles. The summed E-state index contributed by atoms with van der Waals surface area (Å²) in [6.45, 7) is 5.88. The van der Waals surface area contributed by atoms with E-state index >= 15 is 0 Å². The lowest BCUT2D eigenvalue weighted by molar-refractivity contribution is 0.0377. The lowest BCUT2D eigenvalue weighted by Crippen LogP contribution is -2.52. The van der Waals surface area contributed by atoms with Gasteiger partial charge in [-0.05, 0) is 69.4 Å². The lowest BCUT2D eigenvalue weighted by Gasteiger charge is -2.43. The Hall–Kier alpha value is -5.05. The van der Waals surface area contributed by atoms with E-state index < -0.39 is 17.2 Å². The fourth-order valence-corrected chi connectivity index (χ4v) is 5.75. The molecule has 2 aromatic carbocycles. The van der Waals surface area contributed by atoms with Gasteiger partial charge in [0.05, 0.1) is 11.2 Å². The summed E-state index contributed by atoms with van der Waals surface area (Å²) in [7, 11) is 0. The third-order valence-electron chi connectivity index (χ3n) is 7.94. The van der Waals surface area contributed by atoms with Crippen molar-refractivity contribution in [1.29, 1.82) is 0 Å². The summed E-state index contributed by atoms with van der Waals surface area (Å²) in [5.41, 5.74) is 5.45. The Labute approximate surface area is 250 Å². The second-order valence-electron chi connectivity index (χ2n) is 12.0. The van der Waals surface area contributed by atoms with E-state index in [0.29, 0.717) is 17.5 Å².